The van der Waals surface area contributed by atoms with E-state index in [1.807, 2.05) is 37.3 Å². The first-order chi connectivity index (χ1) is 14.4. The number of likely N-dealkylation sites (tertiary alicyclic amines) is 1. The van der Waals surface area contributed by atoms with Gasteiger partial charge in [-0.15, -0.1) is 0 Å². The molecule has 3 rings (SSSR count). The Hall–Kier alpha value is -2.73. The van der Waals surface area contributed by atoms with Crippen LogP contribution in [-0.2, 0) is 22.4 Å². The SMILES string of the molecule is CC(Cc1cccc(F)c1)C(=O)Nc1ccc(CCN2CCC(C(N)=O)CC2)cc1. The van der Waals surface area contributed by atoms with Crippen LogP contribution in [0.15, 0.2) is 48.5 Å². The second-order valence-corrected chi connectivity index (χ2v) is 8.19. The van der Waals surface area contributed by atoms with Gasteiger partial charge < -0.3 is 16.0 Å². The van der Waals surface area contributed by atoms with Crippen molar-refractivity contribution < 1.29 is 14.0 Å². The number of hydrogen-bond acceptors (Lipinski definition) is 3. The van der Waals surface area contributed by atoms with Crippen LogP contribution in [0.1, 0.15) is 30.9 Å². The third kappa shape index (κ3) is 6.39. The van der Waals surface area contributed by atoms with E-state index in [4.69, 9.17) is 5.73 Å². The molecule has 0 spiro atoms. The molecule has 5 nitrogen and oxygen atoms in total. The molecule has 0 aromatic heterocycles. The number of halogens is 1. The van der Waals surface area contributed by atoms with Crippen molar-refractivity contribution in [1.29, 1.82) is 0 Å². The second-order valence-electron chi connectivity index (χ2n) is 8.19. The predicted molar refractivity (Wildman–Crippen MR) is 116 cm³/mol. The summed E-state index contributed by atoms with van der Waals surface area (Å²) in [6.45, 7) is 4.60. The lowest BCUT2D eigenvalue weighted by atomic mass is 9.96. The van der Waals surface area contributed by atoms with E-state index < -0.39 is 0 Å². The van der Waals surface area contributed by atoms with Crippen LogP contribution in [0.4, 0.5) is 10.1 Å². The average Bonchev–Trinajstić information content (AvgIpc) is 2.73. The third-order valence-corrected chi connectivity index (χ3v) is 5.81. The minimum atomic E-state index is -0.284. The minimum absolute atomic E-state index is 0.0208. The fourth-order valence-corrected chi connectivity index (χ4v) is 3.86. The molecule has 1 heterocycles. The fraction of sp³-hybridized carbons (Fsp3) is 0.417. The number of nitrogens with zero attached hydrogens (tertiary/aromatic N) is 1. The molecule has 1 fully saturated rings. The van der Waals surface area contributed by atoms with E-state index in [0.29, 0.717) is 6.42 Å². The molecular formula is C24H30FN3O2. The summed E-state index contributed by atoms with van der Waals surface area (Å²) in [6.07, 6.45) is 3.10. The zero-order valence-electron chi connectivity index (χ0n) is 17.4. The number of carbonyl (C=O) groups is 2. The van der Waals surface area contributed by atoms with E-state index in [-0.39, 0.29) is 29.5 Å². The lowest BCUT2D eigenvalue weighted by Crippen LogP contribution is -2.39. The Balaban J connectivity index is 1.44. The number of anilines is 1. The molecule has 1 aliphatic heterocycles. The zero-order chi connectivity index (χ0) is 21.5. The van der Waals surface area contributed by atoms with Crippen molar-refractivity contribution >= 4 is 17.5 Å². The highest BCUT2D eigenvalue weighted by Crippen LogP contribution is 2.18. The van der Waals surface area contributed by atoms with E-state index in [1.54, 1.807) is 6.07 Å². The van der Waals surface area contributed by atoms with Crippen molar-refractivity contribution in [1.82, 2.24) is 4.90 Å². The van der Waals surface area contributed by atoms with Gasteiger partial charge in [-0.05, 0) is 74.2 Å². The quantitative estimate of drug-likeness (QED) is 0.699. The maximum atomic E-state index is 13.3. The Morgan fingerprint density at radius 3 is 2.47 bits per heavy atom. The van der Waals surface area contributed by atoms with Gasteiger partial charge in [-0.1, -0.05) is 31.2 Å². The van der Waals surface area contributed by atoms with Gasteiger partial charge in [0.25, 0.3) is 0 Å². The van der Waals surface area contributed by atoms with Crippen LogP contribution >= 0.6 is 0 Å². The monoisotopic (exact) mass is 411 g/mol. The topological polar surface area (TPSA) is 75.4 Å². The molecule has 0 bridgehead atoms. The summed E-state index contributed by atoms with van der Waals surface area (Å²) < 4.78 is 13.3. The van der Waals surface area contributed by atoms with Gasteiger partial charge >= 0.3 is 0 Å². The first kappa shape index (κ1) is 22.0. The minimum Gasteiger partial charge on any atom is -0.369 e. The smallest absolute Gasteiger partial charge is 0.227 e. The van der Waals surface area contributed by atoms with Crippen molar-refractivity contribution in [2.24, 2.45) is 17.6 Å². The van der Waals surface area contributed by atoms with E-state index >= 15 is 0 Å². The molecule has 160 valence electrons. The van der Waals surface area contributed by atoms with Crippen molar-refractivity contribution in [2.45, 2.75) is 32.6 Å². The molecule has 2 amide bonds. The zero-order valence-corrected chi connectivity index (χ0v) is 17.4. The number of nitrogens with one attached hydrogen (secondary N) is 1. The van der Waals surface area contributed by atoms with E-state index in [1.165, 1.54) is 17.7 Å². The number of piperidine rings is 1. The van der Waals surface area contributed by atoms with Gasteiger partial charge in [-0.3, -0.25) is 9.59 Å². The second kappa shape index (κ2) is 10.3. The molecule has 30 heavy (non-hydrogen) atoms. The van der Waals surface area contributed by atoms with E-state index in [2.05, 4.69) is 10.2 Å². The highest BCUT2D eigenvalue weighted by atomic mass is 19.1. The molecule has 1 aliphatic rings. The van der Waals surface area contributed by atoms with Crippen LogP contribution in [0.2, 0.25) is 0 Å². The summed E-state index contributed by atoms with van der Waals surface area (Å²) in [5.41, 5.74) is 8.17. The largest absolute Gasteiger partial charge is 0.369 e. The fourth-order valence-electron chi connectivity index (χ4n) is 3.86. The van der Waals surface area contributed by atoms with Crippen molar-refractivity contribution in [3.8, 4) is 0 Å². The highest BCUT2D eigenvalue weighted by Gasteiger charge is 2.22. The molecule has 2 aromatic rings. The molecule has 3 N–H and O–H groups in total. The Kier molecular flexibility index (Phi) is 7.57. The summed E-state index contributed by atoms with van der Waals surface area (Å²) in [7, 11) is 0. The number of rotatable bonds is 8. The van der Waals surface area contributed by atoms with Crippen LogP contribution < -0.4 is 11.1 Å². The van der Waals surface area contributed by atoms with Crippen molar-refractivity contribution in [3.05, 3.63) is 65.5 Å². The molecule has 0 radical (unpaired) electrons. The van der Waals surface area contributed by atoms with Crippen LogP contribution in [0.5, 0.6) is 0 Å². The highest BCUT2D eigenvalue weighted by molar-refractivity contribution is 5.92. The normalized spacial score (nSPS) is 16.2. The molecule has 0 aliphatic carbocycles. The van der Waals surface area contributed by atoms with Crippen LogP contribution in [0.3, 0.4) is 0 Å². The third-order valence-electron chi connectivity index (χ3n) is 5.81. The molecule has 6 heteroatoms. The van der Waals surface area contributed by atoms with Gasteiger partial charge in [0.2, 0.25) is 11.8 Å². The Bertz CT molecular complexity index is 861. The van der Waals surface area contributed by atoms with E-state index in [0.717, 1.165) is 50.1 Å². The predicted octanol–water partition coefficient (Wildman–Crippen LogP) is 3.38. The van der Waals surface area contributed by atoms with Gasteiger partial charge in [0, 0.05) is 24.1 Å². The maximum Gasteiger partial charge on any atom is 0.227 e. The summed E-state index contributed by atoms with van der Waals surface area (Å²) in [6, 6.07) is 14.3. The average molecular weight is 412 g/mol. The van der Waals surface area contributed by atoms with Crippen molar-refractivity contribution in [2.75, 3.05) is 25.0 Å². The van der Waals surface area contributed by atoms with E-state index in [9.17, 15) is 14.0 Å². The molecule has 1 saturated heterocycles. The summed E-state index contributed by atoms with van der Waals surface area (Å²) in [4.78, 5) is 26.1. The maximum absolute atomic E-state index is 13.3. The van der Waals surface area contributed by atoms with Gasteiger partial charge in [0.15, 0.2) is 0 Å². The lowest BCUT2D eigenvalue weighted by molar-refractivity contribution is -0.123. The van der Waals surface area contributed by atoms with Gasteiger partial charge in [-0.2, -0.15) is 0 Å². The molecular weight excluding hydrogens is 381 g/mol. The molecule has 2 aromatic carbocycles. The Morgan fingerprint density at radius 2 is 1.83 bits per heavy atom. The van der Waals surface area contributed by atoms with Gasteiger partial charge in [0.1, 0.15) is 5.82 Å². The number of nitrogens with two attached hydrogens (primary N) is 1. The first-order valence-corrected chi connectivity index (χ1v) is 10.6. The number of amides is 2. The van der Waals surface area contributed by atoms with Gasteiger partial charge in [-0.25, -0.2) is 4.39 Å². The van der Waals surface area contributed by atoms with Crippen LogP contribution in [0.25, 0.3) is 0 Å². The summed E-state index contributed by atoms with van der Waals surface area (Å²) in [5.74, 6) is -0.780. The van der Waals surface area contributed by atoms with Gasteiger partial charge in [0.05, 0.1) is 0 Å². The van der Waals surface area contributed by atoms with Crippen molar-refractivity contribution in [3.63, 3.8) is 0 Å². The Labute approximate surface area is 177 Å². The molecule has 1 atom stereocenters. The number of hydrogen-bond donors (Lipinski definition) is 2. The molecule has 0 saturated carbocycles. The number of carbonyl (C=O) groups excluding carboxylic acids is 2. The standard InChI is InChI=1S/C24H30FN3O2/c1-17(15-19-3-2-4-21(25)16-19)24(30)27-22-7-5-18(6-8-22)9-12-28-13-10-20(11-14-28)23(26)29/h2-8,16-17,20H,9-15H2,1H3,(H2,26,29)(H,27,30). The first-order valence-electron chi connectivity index (χ1n) is 10.6. The van der Waals surface area contributed by atoms with Crippen LogP contribution in [0, 0.1) is 17.7 Å². The van der Waals surface area contributed by atoms with Crippen LogP contribution in [-0.4, -0.2) is 36.3 Å². The number of primary amides is 1. The lowest BCUT2D eigenvalue weighted by Gasteiger charge is -2.30. The molecule has 1 unspecified atom stereocenters. The summed E-state index contributed by atoms with van der Waals surface area (Å²) in [5, 5.41) is 2.94. The number of benzene rings is 2. The summed E-state index contributed by atoms with van der Waals surface area (Å²) >= 11 is 0. The Morgan fingerprint density at radius 1 is 1.13 bits per heavy atom.